The van der Waals surface area contributed by atoms with Gasteiger partial charge < -0.3 is 10.6 Å². The fourth-order valence-electron chi connectivity index (χ4n) is 2.50. The van der Waals surface area contributed by atoms with Crippen molar-refractivity contribution >= 4 is 17.3 Å². The molecule has 18 heavy (non-hydrogen) atoms. The number of anilines is 2. The highest BCUT2D eigenvalue weighted by atomic mass is 16.6. The molecule has 1 aromatic heterocycles. The largest absolute Gasteiger partial charge is 0.383 e. The van der Waals surface area contributed by atoms with E-state index in [9.17, 15) is 10.1 Å². The van der Waals surface area contributed by atoms with Gasteiger partial charge in [0.25, 0.3) is 5.69 Å². The van der Waals surface area contributed by atoms with E-state index in [1.165, 1.54) is 37.8 Å². The molecule has 0 saturated heterocycles. The number of nitrogen functional groups attached to an aromatic ring is 1. The zero-order valence-corrected chi connectivity index (χ0v) is 10.5. The van der Waals surface area contributed by atoms with E-state index >= 15 is 0 Å². The van der Waals surface area contributed by atoms with Crippen LogP contribution in [-0.4, -0.2) is 23.5 Å². The van der Waals surface area contributed by atoms with Crippen molar-refractivity contribution in [2.45, 2.75) is 25.7 Å². The summed E-state index contributed by atoms with van der Waals surface area (Å²) in [4.78, 5) is 16.5. The Kier molecular flexibility index (Phi) is 3.64. The van der Waals surface area contributed by atoms with E-state index in [-0.39, 0.29) is 11.5 Å². The van der Waals surface area contributed by atoms with E-state index in [0.717, 1.165) is 6.54 Å². The van der Waals surface area contributed by atoms with Crippen LogP contribution in [0.2, 0.25) is 0 Å². The monoisotopic (exact) mass is 250 g/mol. The van der Waals surface area contributed by atoms with Gasteiger partial charge in [-0.05, 0) is 18.8 Å². The lowest BCUT2D eigenvalue weighted by atomic mass is 10.1. The highest BCUT2D eigenvalue weighted by Crippen LogP contribution is 2.27. The van der Waals surface area contributed by atoms with Gasteiger partial charge in [-0.25, -0.2) is 4.98 Å². The van der Waals surface area contributed by atoms with Crippen molar-refractivity contribution in [2.75, 3.05) is 24.2 Å². The molecule has 1 saturated carbocycles. The number of hydrogen-bond donors (Lipinski definition) is 1. The maximum Gasteiger partial charge on any atom is 0.276 e. The molecule has 1 heterocycles. The maximum atomic E-state index is 10.8. The van der Waals surface area contributed by atoms with Gasteiger partial charge in [-0.3, -0.25) is 10.1 Å². The van der Waals surface area contributed by atoms with Crippen molar-refractivity contribution in [2.24, 2.45) is 5.92 Å². The quantitative estimate of drug-likeness (QED) is 0.654. The van der Waals surface area contributed by atoms with Crippen LogP contribution in [0.3, 0.4) is 0 Å². The van der Waals surface area contributed by atoms with E-state index in [2.05, 4.69) is 4.98 Å². The Morgan fingerprint density at radius 3 is 2.78 bits per heavy atom. The first-order chi connectivity index (χ1) is 8.56. The molecule has 0 atom stereocenters. The van der Waals surface area contributed by atoms with E-state index < -0.39 is 4.92 Å². The molecule has 6 heteroatoms. The predicted molar refractivity (Wildman–Crippen MR) is 70.5 cm³/mol. The SMILES string of the molecule is CN(CC1CCCC1)c1cc([N+](=O)[O-])cc(N)n1. The molecule has 1 aliphatic carbocycles. The lowest BCUT2D eigenvalue weighted by Gasteiger charge is -2.22. The molecule has 1 aliphatic rings. The number of pyridine rings is 1. The topological polar surface area (TPSA) is 85.3 Å². The molecule has 0 spiro atoms. The van der Waals surface area contributed by atoms with E-state index in [4.69, 9.17) is 5.73 Å². The summed E-state index contributed by atoms with van der Waals surface area (Å²) < 4.78 is 0. The number of nitrogens with zero attached hydrogens (tertiary/aromatic N) is 3. The highest BCUT2D eigenvalue weighted by molar-refractivity contribution is 5.53. The molecule has 1 aromatic rings. The van der Waals surface area contributed by atoms with Crippen LogP contribution in [0, 0.1) is 16.0 Å². The van der Waals surface area contributed by atoms with E-state index in [1.807, 2.05) is 11.9 Å². The normalized spacial score (nSPS) is 15.8. The fourth-order valence-corrected chi connectivity index (χ4v) is 2.50. The molecular weight excluding hydrogens is 232 g/mol. The maximum absolute atomic E-state index is 10.8. The molecule has 0 bridgehead atoms. The second-order valence-corrected chi connectivity index (χ2v) is 4.90. The zero-order chi connectivity index (χ0) is 13.1. The summed E-state index contributed by atoms with van der Waals surface area (Å²) in [5, 5.41) is 10.8. The molecule has 6 nitrogen and oxygen atoms in total. The second kappa shape index (κ2) is 5.20. The van der Waals surface area contributed by atoms with Crippen LogP contribution in [0.5, 0.6) is 0 Å². The summed E-state index contributed by atoms with van der Waals surface area (Å²) in [6.07, 6.45) is 5.02. The van der Waals surface area contributed by atoms with E-state index in [0.29, 0.717) is 11.7 Å². The second-order valence-electron chi connectivity index (χ2n) is 4.90. The van der Waals surface area contributed by atoms with Crippen molar-refractivity contribution in [3.63, 3.8) is 0 Å². The summed E-state index contributed by atoms with van der Waals surface area (Å²) >= 11 is 0. The average Bonchev–Trinajstić information content (AvgIpc) is 2.80. The Bertz CT molecular complexity index is 444. The zero-order valence-electron chi connectivity index (χ0n) is 10.5. The molecule has 0 amide bonds. The lowest BCUT2D eigenvalue weighted by Crippen LogP contribution is -2.25. The van der Waals surface area contributed by atoms with E-state index in [1.54, 1.807) is 0 Å². The van der Waals surface area contributed by atoms with Gasteiger partial charge in [0.1, 0.15) is 11.6 Å². The van der Waals surface area contributed by atoms with Gasteiger partial charge in [0, 0.05) is 13.6 Å². The Hall–Kier alpha value is -1.85. The molecular formula is C12H18N4O2. The molecule has 2 N–H and O–H groups in total. The van der Waals surface area contributed by atoms with Crippen molar-refractivity contribution in [1.29, 1.82) is 0 Å². The number of nitrogens with two attached hydrogens (primary N) is 1. The molecule has 0 aromatic carbocycles. The Balaban J connectivity index is 2.13. The minimum Gasteiger partial charge on any atom is -0.383 e. The third-order valence-electron chi connectivity index (χ3n) is 3.43. The molecule has 0 unspecified atom stereocenters. The van der Waals surface area contributed by atoms with Crippen LogP contribution >= 0.6 is 0 Å². The third kappa shape index (κ3) is 2.88. The number of nitro groups is 1. The fraction of sp³-hybridized carbons (Fsp3) is 0.583. The van der Waals surface area contributed by atoms with Gasteiger partial charge in [-0.15, -0.1) is 0 Å². The van der Waals surface area contributed by atoms with Crippen LogP contribution in [0.4, 0.5) is 17.3 Å². The summed E-state index contributed by atoms with van der Waals surface area (Å²) in [6.45, 7) is 0.883. The number of rotatable bonds is 4. The molecule has 0 aliphatic heterocycles. The standard InChI is InChI=1S/C12H18N4O2/c1-15(8-9-4-2-3-5-9)12-7-10(16(17)18)6-11(13)14-12/h6-7,9H,2-5,8H2,1H3,(H2,13,14). The summed E-state index contributed by atoms with van der Waals surface area (Å²) in [6, 6.07) is 2.76. The molecule has 2 rings (SSSR count). The number of hydrogen-bond acceptors (Lipinski definition) is 5. The van der Waals surface area contributed by atoms with Crippen molar-refractivity contribution in [1.82, 2.24) is 4.98 Å². The molecule has 1 fully saturated rings. The third-order valence-corrected chi connectivity index (χ3v) is 3.43. The smallest absolute Gasteiger partial charge is 0.276 e. The summed E-state index contributed by atoms with van der Waals surface area (Å²) in [7, 11) is 1.91. The van der Waals surface area contributed by atoms with Crippen molar-refractivity contribution < 1.29 is 4.92 Å². The van der Waals surface area contributed by atoms with Gasteiger partial charge >= 0.3 is 0 Å². The van der Waals surface area contributed by atoms with Gasteiger partial charge in [-0.2, -0.15) is 0 Å². The summed E-state index contributed by atoms with van der Waals surface area (Å²) in [5.41, 5.74) is 5.60. The number of aromatic nitrogens is 1. The summed E-state index contributed by atoms with van der Waals surface area (Å²) in [5.74, 6) is 1.43. The van der Waals surface area contributed by atoms with Crippen LogP contribution < -0.4 is 10.6 Å². The molecule has 0 radical (unpaired) electrons. The Morgan fingerprint density at radius 1 is 1.50 bits per heavy atom. The predicted octanol–water partition coefficient (Wildman–Crippen LogP) is 2.20. The van der Waals surface area contributed by atoms with Crippen LogP contribution in [0.1, 0.15) is 25.7 Å². The molecule has 98 valence electrons. The first-order valence-electron chi connectivity index (χ1n) is 6.19. The Labute approximate surface area is 106 Å². The van der Waals surface area contributed by atoms with Crippen LogP contribution in [0.25, 0.3) is 0 Å². The van der Waals surface area contributed by atoms with Crippen molar-refractivity contribution in [3.8, 4) is 0 Å². The van der Waals surface area contributed by atoms with Crippen molar-refractivity contribution in [3.05, 3.63) is 22.2 Å². The van der Waals surface area contributed by atoms with Crippen LogP contribution in [0.15, 0.2) is 12.1 Å². The minimum atomic E-state index is -0.440. The van der Waals surface area contributed by atoms with Crippen LogP contribution in [-0.2, 0) is 0 Å². The highest BCUT2D eigenvalue weighted by Gasteiger charge is 2.19. The average molecular weight is 250 g/mol. The van der Waals surface area contributed by atoms with Gasteiger partial charge in [0.15, 0.2) is 0 Å². The lowest BCUT2D eigenvalue weighted by molar-refractivity contribution is -0.384. The van der Waals surface area contributed by atoms with Gasteiger partial charge in [-0.1, -0.05) is 12.8 Å². The minimum absolute atomic E-state index is 0.00391. The first-order valence-corrected chi connectivity index (χ1v) is 6.19. The van der Waals surface area contributed by atoms with Gasteiger partial charge in [0.2, 0.25) is 0 Å². The first kappa shape index (κ1) is 12.6. The van der Waals surface area contributed by atoms with Gasteiger partial charge in [0.05, 0.1) is 17.1 Å². The Morgan fingerprint density at radius 2 is 2.17 bits per heavy atom.